The summed E-state index contributed by atoms with van der Waals surface area (Å²) in [5.41, 5.74) is 3.60. The van der Waals surface area contributed by atoms with Crippen molar-refractivity contribution >= 4 is 45.6 Å². The molecule has 1 aliphatic rings. The molecule has 0 aliphatic carbocycles. The molecule has 5 rings (SSSR count). The van der Waals surface area contributed by atoms with Gasteiger partial charge in [-0.25, -0.2) is 4.98 Å². The third kappa shape index (κ3) is 2.79. The number of fused-ring (bicyclic) bond motifs is 4. The molecule has 0 fully saturated rings. The van der Waals surface area contributed by atoms with Gasteiger partial charge in [0.1, 0.15) is 5.52 Å². The molecule has 7 nitrogen and oxygen atoms in total. The molecule has 0 unspecified atom stereocenters. The minimum absolute atomic E-state index is 0.244. The molecule has 0 saturated carbocycles. The van der Waals surface area contributed by atoms with E-state index in [1.165, 1.54) is 16.7 Å². The van der Waals surface area contributed by atoms with E-state index in [1.54, 1.807) is 24.3 Å². The third-order valence-corrected chi connectivity index (χ3v) is 5.91. The molecule has 3 heterocycles. The molecule has 0 atom stereocenters. The summed E-state index contributed by atoms with van der Waals surface area (Å²) in [5, 5.41) is 10.2. The minimum Gasteiger partial charge on any atom is -0.324 e. The summed E-state index contributed by atoms with van der Waals surface area (Å²) in [6.07, 6.45) is 0. The minimum atomic E-state index is -0.244. The van der Waals surface area contributed by atoms with Gasteiger partial charge in [-0.05, 0) is 25.1 Å². The molecule has 0 radical (unpaired) electrons. The molecule has 4 aromatic rings. The Morgan fingerprint density at radius 1 is 0.931 bits per heavy atom. The molecule has 0 bridgehead atoms. The Balaban J connectivity index is 1.36. The van der Waals surface area contributed by atoms with Crippen LogP contribution in [0.4, 0.5) is 0 Å². The number of carbonyl (C=O) groups is 2. The maximum atomic E-state index is 12.5. The molecule has 144 valence electrons. The van der Waals surface area contributed by atoms with E-state index >= 15 is 0 Å². The molecular weight excluding hydrogens is 386 g/mol. The molecule has 8 heteroatoms. The van der Waals surface area contributed by atoms with Gasteiger partial charge in [0.25, 0.3) is 11.8 Å². The van der Waals surface area contributed by atoms with Crippen LogP contribution in [0, 0.1) is 0 Å². The van der Waals surface area contributed by atoms with Crippen LogP contribution in [-0.4, -0.2) is 48.8 Å². The first kappa shape index (κ1) is 17.8. The molecular formula is C21H17N5O2S. The van der Waals surface area contributed by atoms with Crippen molar-refractivity contribution < 1.29 is 9.59 Å². The van der Waals surface area contributed by atoms with Crippen molar-refractivity contribution in [1.29, 1.82) is 0 Å². The molecule has 1 aliphatic heterocycles. The summed E-state index contributed by atoms with van der Waals surface area (Å²) in [5.74, 6) is 0.0176. The van der Waals surface area contributed by atoms with Gasteiger partial charge in [-0.2, -0.15) is 0 Å². The van der Waals surface area contributed by atoms with Crippen LogP contribution in [0.1, 0.15) is 27.6 Å². The van der Waals surface area contributed by atoms with Gasteiger partial charge < -0.3 is 4.57 Å². The average Bonchev–Trinajstić information content (AvgIpc) is 3.20. The van der Waals surface area contributed by atoms with Gasteiger partial charge in [0.2, 0.25) is 5.16 Å². The molecule has 2 aromatic heterocycles. The highest BCUT2D eigenvalue weighted by molar-refractivity contribution is 7.99. The van der Waals surface area contributed by atoms with E-state index < -0.39 is 0 Å². The van der Waals surface area contributed by atoms with Crippen molar-refractivity contribution in [2.75, 3.05) is 12.3 Å². The van der Waals surface area contributed by atoms with Crippen molar-refractivity contribution in [3.05, 3.63) is 59.7 Å². The Labute approximate surface area is 170 Å². The first-order valence-corrected chi connectivity index (χ1v) is 10.4. The average molecular weight is 403 g/mol. The molecule has 0 spiro atoms. The molecule has 29 heavy (non-hydrogen) atoms. The van der Waals surface area contributed by atoms with Gasteiger partial charge >= 0.3 is 0 Å². The quantitative estimate of drug-likeness (QED) is 0.375. The van der Waals surface area contributed by atoms with E-state index in [-0.39, 0.29) is 11.8 Å². The molecule has 0 saturated heterocycles. The smallest absolute Gasteiger partial charge is 0.261 e. The van der Waals surface area contributed by atoms with Crippen molar-refractivity contribution in [3.63, 3.8) is 0 Å². The lowest BCUT2D eigenvalue weighted by molar-refractivity contribution is 0.0664. The van der Waals surface area contributed by atoms with Crippen molar-refractivity contribution in [1.82, 2.24) is 24.6 Å². The zero-order valence-corrected chi connectivity index (χ0v) is 16.5. The van der Waals surface area contributed by atoms with Gasteiger partial charge in [0.05, 0.1) is 16.6 Å². The standard InChI is InChI=1S/C21H17N5O2S/c1-2-25-16-10-6-5-9-15(16)17-18(25)22-21(24-23-17)29-12-11-26-19(27)13-7-3-4-8-14(13)20(26)28/h3-10H,2,11-12H2,1H3. The summed E-state index contributed by atoms with van der Waals surface area (Å²) in [7, 11) is 0. The number of thioether (sulfide) groups is 1. The maximum absolute atomic E-state index is 12.5. The zero-order chi connectivity index (χ0) is 20.0. The maximum Gasteiger partial charge on any atom is 0.261 e. The summed E-state index contributed by atoms with van der Waals surface area (Å²) < 4.78 is 2.12. The summed E-state index contributed by atoms with van der Waals surface area (Å²) in [6.45, 7) is 3.15. The highest BCUT2D eigenvalue weighted by Crippen LogP contribution is 2.27. The van der Waals surface area contributed by atoms with E-state index in [4.69, 9.17) is 0 Å². The van der Waals surface area contributed by atoms with Gasteiger partial charge in [-0.1, -0.05) is 42.1 Å². The first-order chi connectivity index (χ1) is 14.2. The Kier molecular flexibility index (Phi) is 4.28. The second kappa shape index (κ2) is 6.97. The van der Waals surface area contributed by atoms with Gasteiger partial charge in [-0.3, -0.25) is 14.5 Å². The largest absolute Gasteiger partial charge is 0.324 e. The number of hydrogen-bond acceptors (Lipinski definition) is 6. The summed E-state index contributed by atoms with van der Waals surface area (Å²) >= 11 is 1.39. The van der Waals surface area contributed by atoms with Gasteiger partial charge in [-0.15, -0.1) is 10.2 Å². The Morgan fingerprint density at radius 2 is 1.62 bits per heavy atom. The third-order valence-electron chi connectivity index (χ3n) is 5.09. The van der Waals surface area contributed by atoms with Crippen LogP contribution in [0.25, 0.3) is 22.1 Å². The topological polar surface area (TPSA) is 81.0 Å². The van der Waals surface area contributed by atoms with E-state index in [1.807, 2.05) is 18.2 Å². The molecule has 2 aromatic carbocycles. The number of imide groups is 1. The van der Waals surface area contributed by atoms with Gasteiger partial charge in [0.15, 0.2) is 5.65 Å². The fourth-order valence-corrected chi connectivity index (χ4v) is 4.45. The number of aryl methyl sites for hydroxylation is 1. The van der Waals surface area contributed by atoms with Crippen LogP contribution in [0.2, 0.25) is 0 Å². The second-order valence-electron chi connectivity index (χ2n) is 6.68. The number of aromatic nitrogens is 4. The monoisotopic (exact) mass is 403 g/mol. The van der Waals surface area contributed by atoms with Crippen LogP contribution in [-0.2, 0) is 6.54 Å². The van der Waals surface area contributed by atoms with Crippen molar-refractivity contribution in [2.45, 2.75) is 18.6 Å². The van der Waals surface area contributed by atoms with E-state index in [0.29, 0.717) is 28.6 Å². The van der Waals surface area contributed by atoms with Crippen LogP contribution in [0.3, 0.4) is 0 Å². The number of nitrogens with zero attached hydrogens (tertiary/aromatic N) is 5. The van der Waals surface area contributed by atoms with E-state index in [2.05, 4.69) is 32.7 Å². The number of benzene rings is 2. The van der Waals surface area contributed by atoms with Crippen LogP contribution < -0.4 is 0 Å². The number of carbonyl (C=O) groups excluding carboxylic acids is 2. The van der Waals surface area contributed by atoms with Crippen molar-refractivity contribution in [2.24, 2.45) is 0 Å². The number of amides is 2. The van der Waals surface area contributed by atoms with E-state index in [0.717, 1.165) is 28.6 Å². The Hall–Kier alpha value is -3.26. The summed E-state index contributed by atoms with van der Waals surface area (Å²) in [6, 6.07) is 15.0. The molecule has 0 N–H and O–H groups in total. The number of rotatable bonds is 5. The lowest BCUT2D eigenvalue weighted by atomic mass is 10.1. The number of para-hydroxylation sites is 1. The zero-order valence-electron chi connectivity index (χ0n) is 15.7. The first-order valence-electron chi connectivity index (χ1n) is 9.38. The fraction of sp³-hybridized carbons (Fsp3) is 0.190. The Bertz CT molecular complexity index is 1250. The fourth-order valence-electron chi connectivity index (χ4n) is 3.74. The van der Waals surface area contributed by atoms with Crippen LogP contribution in [0.15, 0.2) is 53.7 Å². The van der Waals surface area contributed by atoms with Crippen molar-refractivity contribution in [3.8, 4) is 0 Å². The Morgan fingerprint density at radius 3 is 2.34 bits per heavy atom. The highest BCUT2D eigenvalue weighted by atomic mass is 32.2. The van der Waals surface area contributed by atoms with E-state index in [9.17, 15) is 9.59 Å². The summed E-state index contributed by atoms with van der Waals surface area (Å²) in [4.78, 5) is 30.9. The lowest BCUT2D eigenvalue weighted by Crippen LogP contribution is -2.31. The SMILES string of the molecule is CCn1c2ccccc2c2nnc(SCCN3C(=O)c4ccccc4C3=O)nc21. The predicted octanol–water partition coefficient (Wildman–Crippen LogP) is 3.39. The highest BCUT2D eigenvalue weighted by Gasteiger charge is 2.34. The van der Waals surface area contributed by atoms with Crippen LogP contribution >= 0.6 is 11.8 Å². The van der Waals surface area contributed by atoms with Gasteiger partial charge in [0, 0.05) is 24.2 Å². The predicted molar refractivity (Wildman–Crippen MR) is 111 cm³/mol. The number of hydrogen-bond donors (Lipinski definition) is 0. The molecule has 2 amide bonds. The lowest BCUT2D eigenvalue weighted by Gasteiger charge is -2.12. The normalized spacial score (nSPS) is 13.6. The van der Waals surface area contributed by atoms with Crippen LogP contribution in [0.5, 0.6) is 0 Å². The second-order valence-corrected chi connectivity index (χ2v) is 7.75.